The van der Waals surface area contributed by atoms with E-state index in [9.17, 15) is 30.9 Å². The summed E-state index contributed by atoms with van der Waals surface area (Å²) in [6.45, 7) is -1.81. The lowest BCUT2D eigenvalue weighted by Gasteiger charge is -2.26. The van der Waals surface area contributed by atoms with Crippen molar-refractivity contribution in [2.24, 2.45) is 0 Å². The van der Waals surface area contributed by atoms with Gasteiger partial charge < -0.3 is 14.0 Å². The van der Waals surface area contributed by atoms with Gasteiger partial charge in [0.1, 0.15) is 22.5 Å². The van der Waals surface area contributed by atoms with Crippen LogP contribution in [0.5, 0.6) is 5.75 Å². The van der Waals surface area contributed by atoms with Crippen LogP contribution in [0.3, 0.4) is 0 Å². The van der Waals surface area contributed by atoms with Crippen molar-refractivity contribution in [1.29, 1.82) is 0 Å². The molecule has 0 aliphatic heterocycles. The molecule has 0 N–H and O–H groups in total. The van der Waals surface area contributed by atoms with E-state index in [1.165, 1.54) is 0 Å². The molecule has 1 atom stereocenters. The number of carbonyl (C=O) groups is 1. The van der Waals surface area contributed by atoms with Crippen LogP contribution in [0.2, 0.25) is 0 Å². The molecule has 0 aliphatic rings. The van der Waals surface area contributed by atoms with Crippen LogP contribution in [0, 0.1) is 0 Å². The predicted molar refractivity (Wildman–Crippen MR) is 127 cm³/mol. The van der Waals surface area contributed by atoms with E-state index in [-0.39, 0.29) is 30.3 Å². The Kier molecular flexibility index (Phi) is 9.41. The number of carbonyl (C=O) groups excluding carboxylic acids is 1. The highest BCUT2D eigenvalue weighted by Gasteiger charge is 2.49. The van der Waals surface area contributed by atoms with Crippen molar-refractivity contribution in [3.05, 3.63) is 84.9 Å². The van der Waals surface area contributed by atoms with Crippen molar-refractivity contribution in [2.75, 3.05) is 13.2 Å². The maximum absolute atomic E-state index is 13.7. The number of halogens is 3. The van der Waals surface area contributed by atoms with Crippen LogP contribution in [0.25, 0.3) is 0 Å². The fourth-order valence-corrected chi connectivity index (χ4v) is 5.60. The lowest BCUT2D eigenvalue weighted by Crippen LogP contribution is -2.45. The molecular formula is C25H23F3O6S2. The second kappa shape index (κ2) is 12.3. The molecule has 3 aromatic carbocycles. The maximum Gasteiger partial charge on any atom is 0.306 e. The van der Waals surface area contributed by atoms with Crippen LogP contribution in [0.15, 0.2) is 99.6 Å². The average molecular weight is 541 g/mol. The molecule has 3 aromatic rings. The highest BCUT2D eigenvalue weighted by molar-refractivity contribution is 7.97. The van der Waals surface area contributed by atoms with Gasteiger partial charge in [0.25, 0.3) is 11.4 Å². The summed E-state index contributed by atoms with van der Waals surface area (Å²) in [6, 6.07) is 27.6. The first kappa shape index (κ1) is 27.6. The number of alkyl halides is 3. The van der Waals surface area contributed by atoms with Crippen LogP contribution in [0.1, 0.15) is 12.8 Å². The molecule has 6 nitrogen and oxygen atoms in total. The molecule has 192 valence electrons. The molecule has 0 aromatic heterocycles. The van der Waals surface area contributed by atoms with Crippen LogP contribution < -0.4 is 4.74 Å². The van der Waals surface area contributed by atoms with Gasteiger partial charge in [-0.15, -0.1) is 0 Å². The van der Waals surface area contributed by atoms with E-state index < -0.39 is 34.1 Å². The molecule has 11 heteroatoms. The van der Waals surface area contributed by atoms with Crippen molar-refractivity contribution in [3.63, 3.8) is 0 Å². The Morgan fingerprint density at radius 1 is 0.889 bits per heavy atom. The highest BCUT2D eigenvalue weighted by atomic mass is 32.2. The van der Waals surface area contributed by atoms with Gasteiger partial charge in [-0.25, -0.2) is 21.6 Å². The largest absolute Gasteiger partial charge is 0.745 e. The molecule has 36 heavy (non-hydrogen) atoms. The van der Waals surface area contributed by atoms with Crippen LogP contribution in [-0.2, 0) is 30.5 Å². The third-order valence-corrected chi connectivity index (χ3v) is 8.34. The van der Waals surface area contributed by atoms with Gasteiger partial charge in [0, 0.05) is 6.42 Å². The smallest absolute Gasteiger partial charge is 0.306 e. The van der Waals surface area contributed by atoms with Gasteiger partial charge in [0.2, 0.25) is 0 Å². The maximum atomic E-state index is 13.7. The molecule has 0 saturated heterocycles. The number of hydrogen-bond acceptors (Lipinski definition) is 6. The SMILES string of the molecule is O=C(CCCOc1ccc([S+](c2ccccc2)c2ccccc2)cc1)OCC(F)(C(F)F)S(=O)(=O)[O-]. The Morgan fingerprint density at radius 3 is 1.86 bits per heavy atom. The van der Waals surface area contributed by atoms with Crippen molar-refractivity contribution in [2.45, 2.75) is 39.0 Å². The Balaban J connectivity index is 1.54. The lowest BCUT2D eigenvalue weighted by molar-refractivity contribution is -0.149. The normalized spacial score (nSPS) is 13.4. The first-order chi connectivity index (χ1) is 17.1. The summed E-state index contributed by atoms with van der Waals surface area (Å²) in [5, 5.41) is -4.49. The van der Waals surface area contributed by atoms with Gasteiger partial charge in [0.05, 0.1) is 17.5 Å². The van der Waals surface area contributed by atoms with E-state index in [0.29, 0.717) is 5.75 Å². The molecule has 0 radical (unpaired) electrons. The molecule has 0 aliphatic carbocycles. The third-order valence-electron chi connectivity index (χ3n) is 4.98. The van der Waals surface area contributed by atoms with Gasteiger partial charge in [-0.1, -0.05) is 36.4 Å². The Hall–Kier alpha value is -3.02. The highest BCUT2D eigenvalue weighted by Crippen LogP contribution is 2.32. The molecule has 0 bridgehead atoms. The zero-order valence-electron chi connectivity index (χ0n) is 18.9. The van der Waals surface area contributed by atoms with Gasteiger partial charge in [-0.3, -0.25) is 4.79 Å². The summed E-state index contributed by atoms with van der Waals surface area (Å²) >= 11 is 0. The number of benzene rings is 3. The summed E-state index contributed by atoms with van der Waals surface area (Å²) < 4.78 is 81.0. The number of rotatable bonds is 12. The van der Waals surface area contributed by atoms with Gasteiger partial charge >= 0.3 is 5.97 Å². The predicted octanol–water partition coefficient (Wildman–Crippen LogP) is 4.96. The minimum atomic E-state index is -6.03. The van der Waals surface area contributed by atoms with Gasteiger partial charge in [-0.05, 0) is 55.0 Å². The van der Waals surface area contributed by atoms with E-state index >= 15 is 0 Å². The van der Waals surface area contributed by atoms with Crippen molar-refractivity contribution in [1.82, 2.24) is 0 Å². The van der Waals surface area contributed by atoms with Crippen LogP contribution >= 0.6 is 0 Å². The first-order valence-corrected chi connectivity index (χ1v) is 13.4. The van der Waals surface area contributed by atoms with Crippen molar-refractivity contribution >= 4 is 27.0 Å². The minimum absolute atomic E-state index is 0.0625. The molecule has 3 rings (SSSR count). The van der Waals surface area contributed by atoms with Crippen LogP contribution in [-0.4, -0.2) is 43.6 Å². The molecular weight excluding hydrogens is 517 g/mol. The molecule has 0 spiro atoms. The van der Waals surface area contributed by atoms with Gasteiger partial charge in [-0.2, -0.15) is 0 Å². The molecule has 0 fully saturated rings. The summed E-state index contributed by atoms with van der Waals surface area (Å²) in [5.74, 6) is -0.593. The molecule has 0 amide bonds. The number of esters is 1. The topological polar surface area (TPSA) is 92.7 Å². The first-order valence-electron chi connectivity index (χ1n) is 10.8. The van der Waals surface area contributed by atoms with Crippen molar-refractivity contribution in [3.8, 4) is 5.75 Å². The average Bonchev–Trinajstić information content (AvgIpc) is 2.86. The molecule has 0 heterocycles. The zero-order chi connectivity index (χ0) is 26.2. The fourth-order valence-electron chi connectivity index (χ4n) is 3.10. The van der Waals surface area contributed by atoms with E-state index in [1.54, 1.807) is 12.1 Å². The minimum Gasteiger partial charge on any atom is -0.745 e. The number of hydrogen-bond donors (Lipinski definition) is 0. The number of ether oxygens (including phenoxy) is 2. The summed E-state index contributed by atoms with van der Waals surface area (Å²) in [5.41, 5.74) is 0. The second-order valence-corrected chi connectivity index (χ2v) is 11.2. The third kappa shape index (κ3) is 7.02. The summed E-state index contributed by atoms with van der Waals surface area (Å²) in [6.07, 6.45) is -4.40. The van der Waals surface area contributed by atoms with Gasteiger partial charge in [0.15, 0.2) is 14.7 Å². The Bertz CT molecular complexity index is 1190. The molecule has 0 saturated carbocycles. The fraction of sp³-hybridized carbons (Fsp3) is 0.240. The zero-order valence-corrected chi connectivity index (χ0v) is 20.5. The lowest BCUT2D eigenvalue weighted by atomic mass is 10.3. The summed E-state index contributed by atoms with van der Waals surface area (Å²) in [4.78, 5) is 15.0. The van der Waals surface area contributed by atoms with Crippen LogP contribution in [0.4, 0.5) is 13.2 Å². The Morgan fingerprint density at radius 2 is 1.39 bits per heavy atom. The van der Waals surface area contributed by atoms with E-state index in [2.05, 4.69) is 29.0 Å². The van der Waals surface area contributed by atoms with E-state index in [1.807, 2.05) is 48.5 Å². The quantitative estimate of drug-likeness (QED) is 0.140. The Labute approximate surface area is 210 Å². The van der Waals surface area contributed by atoms with E-state index in [4.69, 9.17) is 4.74 Å². The summed E-state index contributed by atoms with van der Waals surface area (Å²) in [7, 11) is -6.36. The standard InChI is InChI=1S/C25H23F3O6S2/c26-24(27)25(28,36(30,31)32)18-34-23(29)12-7-17-33-19-13-15-22(16-14-19)35(20-8-3-1-4-9-20)21-10-5-2-6-11-21/h1-6,8-11,13-16,24H,7,12,17-18H2. The monoisotopic (exact) mass is 540 g/mol. The van der Waals surface area contributed by atoms with E-state index in [0.717, 1.165) is 14.7 Å². The van der Waals surface area contributed by atoms with Crippen molar-refractivity contribution < 1.29 is 40.4 Å². The molecule has 1 unspecified atom stereocenters. The second-order valence-electron chi connectivity index (χ2n) is 7.56.